The van der Waals surface area contributed by atoms with Gasteiger partial charge in [0.2, 0.25) is 0 Å². The Bertz CT molecular complexity index is 917. The number of likely N-dealkylation sites (N-methyl/N-ethyl adjacent to an activating group) is 1. The number of fused-ring (bicyclic) bond motifs is 2. The Kier molecular flexibility index (Phi) is 8.16. The summed E-state index contributed by atoms with van der Waals surface area (Å²) in [5.74, 6) is 0. The number of rotatable bonds is 4. The van der Waals surface area contributed by atoms with Crippen LogP contribution in [-0.4, -0.2) is 61.2 Å². The first-order valence-corrected chi connectivity index (χ1v) is 9.96. The van der Waals surface area contributed by atoms with E-state index in [1.54, 1.807) is 7.11 Å². The molecule has 1 unspecified atom stereocenters. The minimum atomic E-state index is 0. The van der Waals surface area contributed by atoms with Gasteiger partial charge >= 0.3 is 0 Å². The van der Waals surface area contributed by atoms with Crippen molar-refractivity contribution in [2.75, 3.05) is 45.7 Å². The molecule has 0 spiro atoms. The molecule has 0 amide bonds. The lowest BCUT2D eigenvalue weighted by Crippen LogP contribution is -2.52. The predicted octanol–water partition coefficient (Wildman–Crippen LogP) is 2.27. The first kappa shape index (κ1) is 23.0. The second-order valence-electron chi connectivity index (χ2n) is 7.04. The molecule has 0 aromatic carbocycles. The van der Waals surface area contributed by atoms with Gasteiger partial charge in [0, 0.05) is 67.4 Å². The highest BCUT2D eigenvalue weighted by Crippen LogP contribution is 2.34. The van der Waals surface area contributed by atoms with Crippen molar-refractivity contribution in [3.63, 3.8) is 0 Å². The second kappa shape index (κ2) is 9.94. The fourth-order valence-corrected chi connectivity index (χ4v) is 4.72. The monoisotopic (exact) mass is 442 g/mol. The Morgan fingerprint density at radius 3 is 2.93 bits per heavy atom. The van der Waals surface area contributed by atoms with E-state index in [2.05, 4.69) is 47.4 Å². The number of hydrogen-bond donors (Lipinski definition) is 1. The maximum Gasteiger partial charge on any atom is 0.102 e. The van der Waals surface area contributed by atoms with Gasteiger partial charge in [-0.15, -0.1) is 36.2 Å². The molecule has 8 heteroatoms. The summed E-state index contributed by atoms with van der Waals surface area (Å²) in [5, 5.41) is 6.94. The highest BCUT2D eigenvalue weighted by Gasteiger charge is 2.28. The van der Waals surface area contributed by atoms with Crippen molar-refractivity contribution in [2.24, 2.45) is 0 Å². The first-order valence-electron chi connectivity index (χ1n) is 9.14. The lowest BCUT2D eigenvalue weighted by Gasteiger charge is -2.41. The van der Waals surface area contributed by atoms with E-state index in [1.807, 2.05) is 23.6 Å². The molecule has 2 aromatic rings. The van der Waals surface area contributed by atoms with E-state index < -0.39 is 0 Å². The molecule has 1 N–H and O–H groups in total. The average molecular weight is 443 g/mol. The van der Waals surface area contributed by atoms with E-state index in [9.17, 15) is 0 Å². The van der Waals surface area contributed by atoms with E-state index in [4.69, 9.17) is 9.72 Å². The number of piperazine rings is 1. The van der Waals surface area contributed by atoms with Crippen molar-refractivity contribution in [1.29, 1.82) is 0 Å². The maximum atomic E-state index is 5.33. The van der Waals surface area contributed by atoms with Crippen molar-refractivity contribution in [1.82, 2.24) is 14.8 Å². The largest absolute Gasteiger partial charge is 0.385 e. The zero-order valence-corrected chi connectivity index (χ0v) is 18.9. The number of hydrogen-bond acceptors (Lipinski definition) is 6. The number of aromatic nitrogens is 1. The van der Waals surface area contributed by atoms with Crippen molar-refractivity contribution >= 4 is 53.0 Å². The Morgan fingerprint density at radius 2 is 2.14 bits per heavy atom. The van der Waals surface area contributed by atoms with Crippen LogP contribution in [0.5, 0.6) is 0 Å². The summed E-state index contributed by atoms with van der Waals surface area (Å²) in [7, 11) is 4.00. The predicted molar refractivity (Wildman–Crippen MR) is 122 cm³/mol. The van der Waals surface area contributed by atoms with Crippen LogP contribution in [-0.2, 0) is 4.74 Å². The fourth-order valence-electron chi connectivity index (χ4n) is 3.84. The number of nitrogens with one attached hydrogen (secondary N) is 1. The lowest BCUT2D eigenvalue weighted by molar-refractivity contribution is 0.0960. The summed E-state index contributed by atoms with van der Waals surface area (Å²) in [6, 6.07) is 6.93. The van der Waals surface area contributed by atoms with Crippen LogP contribution in [0.1, 0.15) is 16.9 Å². The van der Waals surface area contributed by atoms with Gasteiger partial charge in [0.25, 0.3) is 0 Å². The van der Waals surface area contributed by atoms with Crippen molar-refractivity contribution in [3.05, 3.63) is 45.4 Å². The summed E-state index contributed by atoms with van der Waals surface area (Å²) in [5.41, 5.74) is 2.54. The van der Waals surface area contributed by atoms with Crippen LogP contribution >= 0.6 is 36.2 Å². The quantitative estimate of drug-likeness (QED) is 0.786. The molecule has 0 saturated carbocycles. The number of pyridine rings is 1. The Labute approximate surface area is 182 Å². The van der Waals surface area contributed by atoms with Crippen LogP contribution in [0.15, 0.2) is 24.4 Å². The van der Waals surface area contributed by atoms with Gasteiger partial charge < -0.3 is 15.0 Å². The van der Waals surface area contributed by atoms with Crippen LogP contribution in [0.25, 0.3) is 11.9 Å². The number of halogens is 2. The molecule has 0 bridgehead atoms. The minimum absolute atomic E-state index is 0. The van der Waals surface area contributed by atoms with Crippen molar-refractivity contribution in [3.8, 4) is 0 Å². The highest BCUT2D eigenvalue weighted by molar-refractivity contribution is 7.16. The normalized spacial score (nSPS) is 18.6. The molecule has 1 atom stereocenters. The Balaban J connectivity index is 0.00000140. The van der Waals surface area contributed by atoms with Crippen LogP contribution in [0, 0.1) is 6.92 Å². The van der Waals surface area contributed by atoms with Crippen LogP contribution in [0.2, 0.25) is 0 Å². The van der Waals surface area contributed by atoms with Gasteiger partial charge in [-0.1, -0.05) is 0 Å². The van der Waals surface area contributed by atoms with Gasteiger partial charge in [0.1, 0.15) is 5.00 Å². The molecule has 1 saturated heterocycles. The third-order valence-electron chi connectivity index (χ3n) is 5.28. The molecule has 154 valence electrons. The Morgan fingerprint density at radius 1 is 1.32 bits per heavy atom. The van der Waals surface area contributed by atoms with Crippen molar-refractivity contribution in [2.45, 2.75) is 19.4 Å². The summed E-state index contributed by atoms with van der Waals surface area (Å²) >= 11 is 1.81. The van der Waals surface area contributed by atoms with E-state index in [0.717, 1.165) is 43.2 Å². The van der Waals surface area contributed by atoms with E-state index in [0.29, 0.717) is 6.04 Å². The first-order chi connectivity index (χ1) is 12.7. The standard InChI is InChI=1S/C20H26N4OS.2ClH/c1-14-11-17-19(24-9-8-23(2)16(13-24)6-10-25-3)18-15(5-4-7-21-18)12-22-20(17)26-14;;/h4-5,7,11-12,16,22H,6,8-10,13H2,1-3H3;2*1H. The summed E-state index contributed by atoms with van der Waals surface area (Å²) in [6.07, 6.45) is 5.03. The highest BCUT2D eigenvalue weighted by atomic mass is 35.5. The van der Waals surface area contributed by atoms with E-state index in [-0.39, 0.29) is 24.8 Å². The molecular formula is C20H28Cl2N4OS. The summed E-state index contributed by atoms with van der Waals surface area (Å²) in [6.45, 7) is 6.03. The molecule has 1 fully saturated rings. The minimum Gasteiger partial charge on any atom is -0.385 e. The van der Waals surface area contributed by atoms with Gasteiger partial charge in [-0.3, -0.25) is 9.88 Å². The zero-order chi connectivity index (χ0) is 18.1. The number of aryl methyl sites for hydroxylation is 1. The Hall–Kier alpha value is -1.31. The van der Waals surface area contributed by atoms with Gasteiger partial charge in [0.05, 0.1) is 11.0 Å². The smallest absolute Gasteiger partial charge is 0.102 e. The van der Waals surface area contributed by atoms with Crippen LogP contribution in [0.3, 0.4) is 0 Å². The molecule has 2 aliphatic rings. The third kappa shape index (κ3) is 4.47. The third-order valence-corrected chi connectivity index (χ3v) is 6.26. The van der Waals surface area contributed by atoms with Gasteiger partial charge in [0.15, 0.2) is 0 Å². The van der Waals surface area contributed by atoms with E-state index in [1.165, 1.54) is 21.1 Å². The topological polar surface area (TPSA) is 40.6 Å². The molecule has 2 aromatic heterocycles. The molecular weight excluding hydrogens is 415 g/mol. The average Bonchev–Trinajstić information content (AvgIpc) is 2.94. The fraction of sp³-hybridized carbons (Fsp3) is 0.450. The van der Waals surface area contributed by atoms with Crippen molar-refractivity contribution < 1.29 is 4.74 Å². The molecule has 0 radical (unpaired) electrons. The molecule has 28 heavy (non-hydrogen) atoms. The molecule has 0 aliphatic carbocycles. The zero-order valence-electron chi connectivity index (χ0n) is 16.5. The number of methoxy groups -OCH3 is 1. The number of nitrogens with zero attached hydrogens (tertiary/aromatic N) is 3. The van der Waals surface area contributed by atoms with Crippen LogP contribution < -0.4 is 15.9 Å². The number of thiophene rings is 1. The van der Waals surface area contributed by atoms with Gasteiger partial charge in [-0.25, -0.2) is 0 Å². The SMILES string of the molecule is COCCC1CN(C2=c3ncccc3=CNc3sc(C)cc32)CCN1C.Cl.Cl. The molecule has 4 heterocycles. The van der Waals surface area contributed by atoms with Crippen LogP contribution in [0.4, 0.5) is 5.00 Å². The number of ether oxygens (including phenoxy) is 1. The summed E-state index contributed by atoms with van der Waals surface area (Å²) < 4.78 is 5.33. The van der Waals surface area contributed by atoms with Gasteiger partial charge in [-0.2, -0.15) is 0 Å². The van der Waals surface area contributed by atoms with E-state index >= 15 is 0 Å². The van der Waals surface area contributed by atoms with Gasteiger partial charge in [-0.05, 0) is 38.6 Å². The number of anilines is 1. The maximum absolute atomic E-state index is 5.33. The second-order valence-corrected chi connectivity index (χ2v) is 8.30. The molecule has 5 nitrogen and oxygen atoms in total. The molecule has 4 rings (SSSR count). The lowest BCUT2D eigenvalue weighted by atomic mass is 10.1. The summed E-state index contributed by atoms with van der Waals surface area (Å²) in [4.78, 5) is 11.1. The molecule has 2 aliphatic heterocycles.